The highest BCUT2D eigenvalue weighted by atomic mass is 16.5. The molecule has 0 saturated carbocycles. The topological polar surface area (TPSA) is 61.7 Å². The van der Waals surface area contributed by atoms with Crippen molar-refractivity contribution < 1.29 is 14.9 Å². The molecule has 4 nitrogen and oxygen atoms in total. The summed E-state index contributed by atoms with van der Waals surface area (Å²) in [4.78, 5) is 0. The van der Waals surface area contributed by atoms with Crippen LogP contribution in [0, 0.1) is 6.92 Å². The van der Waals surface area contributed by atoms with Gasteiger partial charge in [-0.2, -0.15) is 0 Å². The Morgan fingerprint density at radius 1 is 1.28 bits per heavy atom. The molecule has 0 atom stereocenters. The molecule has 0 heterocycles. The molecule has 1 aromatic carbocycles. The van der Waals surface area contributed by atoms with E-state index in [4.69, 9.17) is 4.74 Å². The Morgan fingerprint density at radius 2 is 1.94 bits per heavy atom. The predicted octanol–water partition coefficient (Wildman–Crippen LogP) is 1.23. The third-order valence-electron chi connectivity index (χ3n) is 3.41. The van der Waals surface area contributed by atoms with E-state index in [1.54, 1.807) is 7.11 Å². The van der Waals surface area contributed by atoms with E-state index in [0.29, 0.717) is 13.0 Å². The molecule has 1 aromatic rings. The van der Waals surface area contributed by atoms with Crippen molar-refractivity contribution in [2.45, 2.75) is 32.4 Å². The monoisotopic (exact) mass is 253 g/mol. The van der Waals surface area contributed by atoms with Gasteiger partial charge >= 0.3 is 0 Å². The summed E-state index contributed by atoms with van der Waals surface area (Å²) in [5.74, 6) is 0.866. The minimum atomic E-state index is -0.603. The Balaban J connectivity index is 2.71. The minimum Gasteiger partial charge on any atom is -0.496 e. The highest BCUT2D eigenvalue weighted by Gasteiger charge is 2.25. The van der Waals surface area contributed by atoms with Crippen molar-refractivity contribution in [3.8, 4) is 5.75 Å². The fourth-order valence-corrected chi connectivity index (χ4v) is 1.85. The maximum Gasteiger partial charge on any atom is 0.121 e. The third-order valence-corrected chi connectivity index (χ3v) is 3.41. The highest BCUT2D eigenvalue weighted by Crippen LogP contribution is 2.19. The van der Waals surface area contributed by atoms with Crippen LogP contribution in [0.15, 0.2) is 18.2 Å². The van der Waals surface area contributed by atoms with Crippen LogP contribution in [0.2, 0.25) is 0 Å². The molecule has 0 aliphatic rings. The second-order valence-corrected chi connectivity index (χ2v) is 4.61. The summed E-state index contributed by atoms with van der Waals surface area (Å²) in [6.07, 6.45) is 0.676. The molecule has 0 aliphatic heterocycles. The number of rotatable bonds is 7. The summed E-state index contributed by atoms with van der Waals surface area (Å²) in [6.45, 7) is 4.40. The molecule has 18 heavy (non-hydrogen) atoms. The number of hydrogen-bond acceptors (Lipinski definition) is 4. The summed E-state index contributed by atoms with van der Waals surface area (Å²) in [5.41, 5.74) is 1.58. The van der Waals surface area contributed by atoms with E-state index in [1.807, 2.05) is 32.0 Å². The zero-order valence-electron chi connectivity index (χ0n) is 11.4. The lowest BCUT2D eigenvalue weighted by molar-refractivity contribution is 0.0864. The number of ether oxygens (including phenoxy) is 1. The molecular weight excluding hydrogens is 230 g/mol. The first kappa shape index (κ1) is 15.0. The van der Waals surface area contributed by atoms with E-state index in [9.17, 15) is 10.2 Å². The van der Waals surface area contributed by atoms with Crippen molar-refractivity contribution in [3.05, 3.63) is 29.3 Å². The number of aliphatic hydroxyl groups is 2. The van der Waals surface area contributed by atoms with Gasteiger partial charge in [-0.1, -0.05) is 19.1 Å². The lowest BCUT2D eigenvalue weighted by atomic mass is 9.98. The normalized spacial score (nSPS) is 11.6. The van der Waals surface area contributed by atoms with Gasteiger partial charge in [0.15, 0.2) is 0 Å². The number of nitrogens with one attached hydrogen (secondary N) is 1. The Bertz CT molecular complexity index is 367. The van der Waals surface area contributed by atoms with Crippen LogP contribution in [0.1, 0.15) is 24.5 Å². The quantitative estimate of drug-likeness (QED) is 0.684. The molecule has 0 unspecified atom stereocenters. The number of benzene rings is 1. The SMILES string of the molecule is CCC(CO)(CO)NCc1ccc(OC)c(C)c1. The van der Waals surface area contributed by atoms with Gasteiger partial charge < -0.3 is 20.3 Å². The van der Waals surface area contributed by atoms with Crippen LogP contribution in [0.4, 0.5) is 0 Å². The van der Waals surface area contributed by atoms with Crippen molar-refractivity contribution >= 4 is 0 Å². The molecule has 0 fully saturated rings. The van der Waals surface area contributed by atoms with E-state index < -0.39 is 5.54 Å². The zero-order chi connectivity index (χ0) is 13.6. The van der Waals surface area contributed by atoms with Gasteiger partial charge in [-0.05, 0) is 30.5 Å². The zero-order valence-corrected chi connectivity index (χ0v) is 11.4. The first-order chi connectivity index (χ1) is 8.60. The Kier molecular flexibility index (Phi) is 5.59. The van der Waals surface area contributed by atoms with E-state index in [1.165, 1.54) is 0 Å². The van der Waals surface area contributed by atoms with Crippen LogP contribution in [-0.4, -0.2) is 36.1 Å². The van der Waals surface area contributed by atoms with Gasteiger partial charge in [-0.15, -0.1) is 0 Å². The van der Waals surface area contributed by atoms with Crippen molar-refractivity contribution in [3.63, 3.8) is 0 Å². The fourth-order valence-electron chi connectivity index (χ4n) is 1.85. The minimum absolute atomic E-state index is 0.0743. The van der Waals surface area contributed by atoms with Crippen LogP contribution < -0.4 is 10.1 Å². The van der Waals surface area contributed by atoms with Gasteiger partial charge in [0.2, 0.25) is 0 Å². The standard InChI is InChI=1S/C14H23NO3/c1-4-14(9-16,10-17)15-8-12-5-6-13(18-3)11(2)7-12/h5-7,15-17H,4,8-10H2,1-3H3. The van der Waals surface area contributed by atoms with Crippen molar-refractivity contribution in [2.75, 3.05) is 20.3 Å². The number of hydrogen-bond donors (Lipinski definition) is 3. The average Bonchev–Trinajstić information content (AvgIpc) is 2.41. The Morgan fingerprint density at radius 3 is 2.39 bits per heavy atom. The van der Waals surface area contributed by atoms with Crippen LogP contribution in [0.5, 0.6) is 5.75 Å². The van der Waals surface area contributed by atoms with Gasteiger partial charge in [0, 0.05) is 6.54 Å². The Labute approximate surface area is 109 Å². The fraction of sp³-hybridized carbons (Fsp3) is 0.571. The van der Waals surface area contributed by atoms with E-state index >= 15 is 0 Å². The molecule has 0 bridgehead atoms. The second kappa shape index (κ2) is 6.73. The maximum absolute atomic E-state index is 9.35. The van der Waals surface area contributed by atoms with Crippen LogP contribution in [0.3, 0.4) is 0 Å². The average molecular weight is 253 g/mol. The molecule has 4 heteroatoms. The van der Waals surface area contributed by atoms with Crippen molar-refractivity contribution in [2.24, 2.45) is 0 Å². The largest absolute Gasteiger partial charge is 0.496 e. The second-order valence-electron chi connectivity index (χ2n) is 4.61. The van der Waals surface area contributed by atoms with Gasteiger partial charge in [-0.3, -0.25) is 0 Å². The maximum atomic E-state index is 9.35. The summed E-state index contributed by atoms with van der Waals surface area (Å²) in [6, 6.07) is 5.95. The van der Waals surface area contributed by atoms with Crippen molar-refractivity contribution in [1.82, 2.24) is 5.32 Å². The highest BCUT2D eigenvalue weighted by molar-refractivity contribution is 5.36. The summed E-state index contributed by atoms with van der Waals surface area (Å²) < 4.78 is 5.21. The number of aryl methyl sites for hydroxylation is 1. The molecule has 1 rings (SSSR count). The summed E-state index contributed by atoms with van der Waals surface area (Å²) in [7, 11) is 1.65. The van der Waals surface area contributed by atoms with Gasteiger partial charge in [0.05, 0.1) is 25.9 Å². The molecule has 3 N–H and O–H groups in total. The third kappa shape index (κ3) is 3.45. The van der Waals surface area contributed by atoms with Crippen LogP contribution in [-0.2, 0) is 6.54 Å². The van der Waals surface area contributed by atoms with E-state index in [2.05, 4.69) is 5.32 Å². The van der Waals surface area contributed by atoms with Gasteiger partial charge in [-0.25, -0.2) is 0 Å². The number of aliphatic hydroxyl groups excluding tert-OH is 2. The summed E-state index contributed by atoms with van der Waals surface area (Å²) in [5, 5.41) is 21.9. The first-order valence-corrected chi connectivity index (χ1v) is 6.21. The van der Waals surface area contributed by atoms with E-state index in [0.717, 1.165) is 16.9 Å². The lowest BCUT2D eigenvalue weighted by Gasteiger charge is -2.30. The molecule has 102 valence electrons. The van der Waals surface area contributed by atoms with E-state index in [-0.39, 0.29) is 13.2 Å². The molecule has 0 aromatic heterocycles. The number of methoxy groups -OCH3 is 1. The Hall–Kier alpha value is -1.10. The molecule has 0 radical (unpaired) electrons. The molecule has 0 saturated heterocycles. The van der Waals surface area contributed by atoms with Gasteiger partial charge in [0.25, 0.3) is 0 Å². The van der Waals surface area contributed by atoms with Crippen LogP contribution >= 0.6 is 0 Å². The smallest absolute Gasteiger partial charge is 0.121 e. The summed E-state index contributed by atoms with van der Waals surface area (Å²) >= 11 is 0. The van der Waals surface area contributed by atoms with Crippen LogP contribution in [0.25, 0.3) is 0 Å². The van der Waals surface area contributed by atoms with Gasteiger partial charge in [0.1, 0.15) is 5.75 Å². The lowest BCUT2D eigenvalue weighted by Crippen LogP contribution is -2.50. The molecule has 0 amide bonds. The predicted molar refractivity (Wildman–Crippen MR) is 71.8 cm³/mol. The molecular formula is C14H23NO3. The molecule has 0 spiro atoms. The van der Waals surface area contributed by atoms with Crippen molar-refractivity contribution in [1.29, 1.82) is 0 Å². The first-order valence-electron chi connectivity index (χ1n) is 6.21. The molecule has 0 aliphatic carbocycles.